The first-order chi connectivity index (χ1) is 11.1. The summed E-state index contributed by atoms with van der Waals surface area (Å²) in [7, 11) is 0. The number of carbonyl (C=O) groups is 1. The van der Waals surface area contributed by atoms with Crippen molar-refractivity contribution >= 4 is 22.5 Å². The number of rotatable bonds is 8. The first kappa shape index (κ1) is 18.0. The Kier molecular flexibility index (Phi) is 7.11. The summed E-state index contributed by atoms with van der Waals surface area (Å²) in [5.41, 5.74) is 1.03. The summed E-state index contributed by atoms with van der Waals surface area (Å²) >= 11 is 1.68. The summed E-state index contributed by atoms with van der Waals surface area (Å²) in [6.45, 7) is 6.87. The molecule has 0 aromatic carbocycles. The van der Waals surface area contributed by atoms with Gasteiger partial charge in [-0.05, 0) is 25.2 Å². The minimum Gasteiger partial charge on any atom is -0.394 e. The molecular formula is C16H28N4O2S. The molecule has 3 N–H and O–H groups in total. The number of aromatic nitrogens is 1. The third-order valence-electron chi connectivity index (χ3n) is 3.89. The molecule has 0 radical (unpaired) electrons. The van der Waals surface area contributed by atoms with E-state index >= 15 is 0 Å². The molecule has 0 aliphatic carbocycles. The Balaban J connectivity index is 1.68. The van der Waals surface area contributed by atoms with Crippen molar-refractivity contribution in [3.05, 3.63) is 11.1 Å². The van der Waals surface area contributed by atoms with Gasteiger partial charge in [0.15, 0.2) is 5.13 Å². The van der Waals surface area contributed by atoms with Crippen LogP contribution in [-0.4, -0.2) is 48.4 Å². The van der Waals surface area contributed by atoms with Crippen molar-refractivity contribution in [2.45, 2.75) is 45.6 Å². The Hall–Kier alpha value is -1.34. The molecule has 2 heterocycles. The molecule has 2 amide bonds. The van der Waals surface area contributed by atoms with E-state index in [4.69, 9.17) is 0 Å². The molecule has 1 aromatic heterocycles. The van der Waals surface area contributed by atoms with E-state index in [1.54, 1.807) is 11.3 Å². The highest BCUT2D eigenvalue weighted by atomic mass is 32.1. The molecule has 1 saturated heterocycles. The summed E-state index contributed by atoms with van der Waals surface area (Å²) in [4.78, 5) is 18.8. The van der Waals surface area contributed by atoms with Gasteiger partial charge in [-0.25, -0.2) is 9.78 Å². The van der Waals surface area contributed by atoms with Crippen molar-refractivity contribution in [1.29, 1.82) is 0 Å². The Bertz CT molecular complexity index is 486. The van der Waals surface area contributed by atoms with Crippen molar-refractivity contribution in [3.8, 4) is 0 Å². The van der Waals surface area contributed by atoms with Gasteiger partial charge in [0.2, 0.25) is 0 Å². The average Bonchev–Trinajstić information content (AvgIpc) is 3.16. The SMILES string of the molecule is CC(C)CC(CO)NC(=O)NCCc1csc(N2CCCC2)n1. The van der Waals surface area contributed by atoms with Crippen LogP contribution in [0.1, 0.15) is 38.8 Å². The molecule has 1 aromatic rings. The standard InChI is InChI=1S/C16H28N4O2S/c1-12(2)9-14(10-21)18-15(22)17-6-5-13-11-23-16(19-13)20-7-3-4-8-20/h11-12,14,21H,3-10H2,1-2H3,(H2,17,18,22). The molecule has 1 aliphatic heterocycles. The predicted octanol–water partition coefficient (Wildman–Crippen LogP) is 1.99. The Morgan fingerprint density at radius 1 is 1.43 bits per heavy atom. The summed E-state index contributed by atoms with van der Waals surface area (Å²) in [6.07, 6.45) is 4.00. The van der Waals surface area contributed by atoms with Crippen LogP contribution >= 0.6 is 11.3 Å². The number of aliphatic hydroxyl groups excluding tert-OH is 1. The normalized spacial score (nSPS) is 15.9. The van der Waals surface area contributed by atoms with Gasteiger partial charge in [-0.1, -0.05) is 13.8 Å². The monoisotopic (exact) mass is 340 g/mol. The minimum absolute atomic E-state index is 0.0309. The van der Waals surface area contributed by atoms with Crippen LogP contribution in [-0.2, 0) is 6.42 Å². The summed E-state index contributed by atoms with van der Waals surface area (Å²) in [5, 5.41) is 18.1. The number of nitrogens with zero attached hydrogens (tertiary/aromatic N) is 2. The zero-order chi connectivity index (χ0) is 16.7. The van der Waals surface area contributed by atoms with Crippen LogP contribution in [0.15, 0.2) is 5.38 Å². The van der Waals surface area contributed by atoms with E-state index in [0.29, 0.717) is 12.5 Å². The van der Waals surface area contributed by atoms with E-state index in [0.717, 1.165) is 36.8 Å². The maximum absolute atomic E-state index is 11.8. The smallest absolute Gasteiger partial charge is 0.315 e. The van der Waals surface area contributed by atoms with Gasteiger partial charge in [0, 0.05) is 31.4 Å². The fourth-order valence-corrected chi connectivity index (χ4v) is 3.67. The topological polar surface area (TPSA) is 77.5 Å². The lowest BCUT2D eigenvalue weighted by Crippen LogP contribution is -2.44. The van der Waals surface area contributed by atoms with E-state index < -0.39 is 0 Å². The van der Waals surface area contributed by atoms with Crippen molar-refractivity contribution in [1.82, 2.24) is 15.6 Å². The van der Waals surface area contributed by atoms with Gasteiger partial charge in [-0.15, -0.1) is 11.3 Å². The second kappa shape index (κ2) is 9.08. The average molecular weight is 340 g/mol. The van der Waals surface area contributed by atoms with Gasteiger partial charge in [0.25, 0.3) is 0 Å². The molecule has 1 aliphatic rings. The van der Waals surface area contributed by atoms with Crippen LogP contribution in [0.25, 0.3) is 0 Å². The fraction of sp³-hybridized carbons (Fsp3) is 0.750. The second-order valence-electron chi connectivity index (χ2n) is 6.47. The first-order valence-corrected chi connectivity index (χ1v) is 9.31. The lowest BCUT2D eigenvalue weighted by molar-refractivity contribution is 0.207. The van der Waals surface area contributed by atoms with E-state index in [-0.39, 0.29) is 18.7 Å². The number of nitrogens with one attached hydrogen (secondary N) is 2. The summed E-state index contributed by atoms with van der Waals surface area (Å²) < 4.78 is 0. The minimum atomic E-state index is -0.223. The second-order valence-corrected chi connectivity index (χ2v) is 7.31. The van der Waals surface area contributed by atoms with Crippen LogP contribution in [0.2, 0.25) is 0 Å². The van der Waals surface area contributed by atoms with Gasteiger partial charge < -0.3 is 20.6 Å². The molecule has 0 spiro atoms. The van der Waals surface area contributed by atoms with E-state index in [1.807, 2.05) is 0 Å². The van der Waals surface area contributed by atoms with Crippen molar-refractivity contribution in [2.24, 2.45) is 5.92 Å². The Labute approximate surface area is 142 Å². The molecule has 6 nitrogen and oxygen atoms in total. The predicted molar refractivity (Wildman–Crippen MR) is 94.1 cm³/mol. The lowest BCUT2D eigenvalue weighted by Gasteiger charge is -2.18. The van der Waals surface area contributed by atoms with Crippen molar-refractivity contribution in [3.63, 3.8) is 0 Å². The number of anilines is 1. The molecule has 1 atom stereocenters. The molecule has 0 saturated carbocycles. The van der Waals surface area contributed by atoms with Crippen LogP contribution in [0.4, 0.5) is 9.93 Å². The maximum atomic E-state index is 11.8. The molecule has 0 bridgehead atoms. The lowest BCUT2D eigenvalue weighted by atomic mass is 10.0. The van der Waals surface area contributed by atoms with Crippen LogP contribution in [0.3, 0.4) is 0 Å². The van der Waals surface area contributed by atoms with Gasteiger partial charge >= 0.3 is 6.03 Å². The van der Waals surface area contributed by atoms with Crippen molar-refractivity contribution < 1.29 is 9.90 Å². The number of urea groups is 1. The third kappa shape index (κ3) is 5.99. The molecule has 130 valence electrons. The van der Waals surface area contributed by atoms with Crippen LogP contribution in [0, 0.1) is 5.92 Å². The molecule has 23 heavy (non-hydrogen) atoms. The third-order valence-corrected chi connectivity index (χ3v) is 4.84. The number of hydrogen-bond acceptors (Lipinski definition) is 5. The number of thiazole rings is 1. The van der Waals surface area contributed by atoms with Gasteiger partial charge in [-0.3, -0.25) is 0 Å². The quantitative estimate of drug-likeness (QED) is 0.676. The molecular weight excluding hydrogens is 312 g/mol. The highest BCUT2D eigenvalue weighted by molar-refractivity contribution is 7.13. The van der Waals surface area contributed by atoms with Crippen LogP contribution in [0.5, 0.6) is 0 Å². The van der Waals surface area contributed by atoms with Gasteiger partial charge in [0.1, 0.15) is 0 Å². The molecule has 1 fully saturated rings. The zero-order valence-electron chi connectivity index (χ0n) is 14.0. The molecule has 7 heteroatoms. The van der Waals surface area contributed by atoms with E-state index in [9.17, 15) is 9.90 Å². The first-order valence-electron chi connectivity index (χ1n) is 8.43. The van der Waals surface area contributed by atoms with Gasteiger partial charge in [0.05, 0.1) is 18.3 Å². The Morgan fingerprint density at radius 3 is 2.83 bits per heavy atom. The highest BCUT2D eigenvalue weighted by Gasteiger charge is 2.16. The van der Waals surface area contributed by atoms with Crippen molar-refractivity contribution in [2.75, 3.05) is 31.1 Å². The number of aliphatic hydroxyl groups is 1. The number of hydrogen-bond donors (Lipinski definition) is 3. The highest BCUT2D eigenvalue weighted by Crippen LogP contribution is 2.24. The van der Waals surface area contributed by atoms with Gasteiger partial charge in [-0.2, -0.15) is 0 Å². The summed E-state index contributed by atoms with van der Waals surface area (Å²) in [6, 6.07) is -0.407. The van der Waals surface area contributed by atoms with Crippen LogP contribution < -0.4 is 15.5 Å². The largest absolute Gasteiger partial charge is 0.394 e. The Morgan fingerprint density at radius 2 is 2.17 bits per heavy atom. The number of amides is 2. The molecule has 1 unspecified atom stereocenters. The fourth-order valence-electron chi connectivity index (χ4n) is 2.75. The maximum Gasteiger partial charge on any atom is 0.315 e. The number of carbonyl (C=O) groups excluding carboxylic acids is 1. The van der Waals surface area contributed by atoms with E-state index in [2.05, 4.69) is 39.7 Å². The zero-order valence-corrected chi connectivity index (χ0v) is 14.9. The van der Waals surface area contributed by atoms with E-state index in [1.165, 1.54) is 12.8 Å². The molecule has 2 rings (SSSR count). The summed E-state index contributed by atoms with van der Waals surface area (Å²) in [5.74, 6) is 0.437.